The highest BCUT2D eigenvalue weighted by Gasteiger charge is 2.47. The fourth-order valence-electron chi connectivity index (χ4n) is 4.52. The van der Waals surface area contributed by atoms with Crippen LogP contribution in [0.25, 0.3) is 10.9 Å². The number of hydrogen-bond donors (Lipinski definition) is 1. The number of ether oxygens (including phenoxy) is 1. The van der Waals surface area contributed by atoms with Crippen LogP contribution in [0.4, 0.5) is 5.69 Å². The van der Waals surface area contributed by atoms with E-state index < -0.39 is 0 Å². The summed E-state index contributed by atoms with van der Waals surface area (Å²) in [7, 11) is 1.40. The third-order valence-electron chi connectivity index (χ3n) is 5.61. The molecule has 1 amide bonds. The third kappa shape index (κ3) is 1.97. The number of benzene rings is 2. The van der Waals surface area contributed by atoms with E-state index in [2.05, 4.69) is 4.98 Å². The van der Waals surface area contributed by atoms with Crippen molar-refractivity contribution in [2.45, 2.75) is 24.8 Å². The minimum Gasteiger partial charge on any atom is -0.469 e. The number of nitrogens with one attached hydrogen (secondary N) is 1. The molecule has 1 N–H and O–H groups in total. The molecular weight excluding hydrogens is 328 g/mol. The first-order valence-corrected chi connectivity index (χ1v) is 8.76. The van der Waals surface area contributed by atoms with Crippen molar-refractivity contribution >= 4 is 28.5 Å². The zero-order valence-corrected chi connectivity index (χ0v) is 14.4. The number of esters is 1. The van der Waals surface area contributed by atoms with Crippen molar-refractivity contribution in [2.75, 3.05) is 12.0 Å². The maximum absolute atomic E-state index is 13.0. The molecule has 130 valence electrons. The number of anilines is 1. The highest BCUT2D eigenvalue weighted by molar-refractivity contribution is 6.03. The number of nitrogens with zero attached hydrogens (tertiary/aromatic N) is 1. The quantitative estimate of drug-likeness (QED) is 0.723. The van der Waals surface area contributed by atoms with Crippen molar-refractivity contribution in [1.29, 1.82) is 0 Å². The van der Waals surface area contributed by atoms with Gasteiger partial charge in [-0.1, -0.05) is 36.4 Å². The molecule has 0 bridgehead atoms. The fourth-order valence-corrected chi connectivity index (χ4v) is 4.52. The Morgan fingerprint density at radius 2 is 1.96 bits per heavy atom. The molecule has 0 radical (unpaired) electrons. The number of fused-ring (bicyclic) bond motifs is 7. The van der Waals surface area contributed by atoms with E-state index in [1.165, 1.54) is 7.11 Å². The van der Waals surface area contributed by atoms with Gasteiger partial charge < -0.3 is 14.6 Å². The Hall–Kier alpha value is -3.08. The normalized spacial score (nSPS) is 20.7. The standard InChI is InChI=1S/C21H18N2O3/c1-26-19(25)11-15-13-7-3-5-9-17(13)23-18(24)10-14-12-6-2-4-8-16(12)22-20(14)21(15)23/h2-9,15,21-22H,10-11H2,1H3/t15-,21-/m0/s1. The number of methoxy groups -OCH3 is 1. The average molecular weight is 346 g/mol. The molecule has 0 fully saturated rings. The summed E-state index contributed by atoms with van der Waals surface area (Å²) in [6.45, 7) is 0. The Kier molecular flexibility index (Phi) is 3.19. The molecule has 26 heavy (non-hydrogen) atoms. The predicted octanol–water partition coefficient (Wildman–Crippen LogP) is 3.46. The Morgan fingerprint density at radius 1 is 1.19 bits per heavy atom. The fraction of sp³-hybridized carbons (Fsp3) is 0.238. The van der Waals surface area contributed by atoms with Gasteiger partial charge >= 0.3 is 5.97 Å². The van der Waals surface area contributed by atoms with Crippen LogP contribution < -0.4 is 4.90 Å². The summed E-state index contributed by atoms with van der Waals surface area (Å²) in [6, 6.07) is 15.7. The van der Waals surface area contributed by atoms with Crippen molar-refractivity contribution in [3.63, 3.8) is 0 Å². The monoisotopic (exact) mass is 346 g/mol. The second-order valence-corrected chi connectivity index (χ2v) is 6.89. The minimum absolute atomic E-state index is 0.0760. The molecule has 5 rings (SSSR count). The third-order valence-corrected chi connectivity index (χ3v) is 5.61. The number of para-hydroxylation sites is 2. The Balaban J connectivity index is 1.73. The Labute approximate surface area is 150 Å². The molecule has 0 saturated carbocycles. The van der Waals surface area contributed by atoms with E-state index in [4.69, 9.17) is 4.74 Å². The van der Waals surface area contributed by atoms with Gasteiger partial charge in [0.2, 0.25) is 5.91 Å². The van der Waals surface area contributed by atoms with Crippen LogP contribution in [0.1, 0.15) is 35.2 Å². The van der Waals surface area contributed by atoms with Crippen LogP contribution in [-0.2, 0) is 20.7 Å². The summed E-state index contributed by atoms with van der Waals surface area (Å²) < 4.78 is 4.93. The van der Waals surface area contributed by atoms with Crippen LogP contribution in [0.2, 0.25) is 0 Å². The number of carbonyl (C=O) groups excluding carboxylic acids is 2. The summed E-state index contributed by atoms with van der Waals surface area (Å²) in [5.74, 6) is -0.302. The number of H-pyrrole nitrogens is 1. The molecular formula is C21H18N2O3. The first kappa shape index (κ1) is 15.2. The van der Waals surface area contributed by atoms with Crippen LogP contribution >= 0.6 is 0 Å². The SMILES string of the molecule is COC(=O)C[C@H]1c2ccccc2N2C(=O)Cc3c([nH]c4ccccc34)[C@H]12. The summed E-state index contributed by atoms with van der Waals surface area (Å²) in [5.41, 5.74) is 5.05. The molecule has 1 aromatic heterocycles. The maximum Gasteiger partial charge on any atom is 0.306 e. The Morgan fingerprint density at radius 3 is 2.81 bits per heavy atom. The summed E-state index contributed by atoms with van der Waals surface area (Å²) in [6.07, 6.45) is 0.617. The molecule has 3 aromatic rings. The van der Waals surface area contributed by atoms with Gasteiger partial charge in [0.15, 0.2) is 0 Å². The largest absolute Gasteiger partial charge is 0.469 e. The number of hydrogen-bond acceptors (Lipinski definition) is 3. The van der Waals surface area contributed by atoms with Crippen molar-refractivity contribution in [1.82, 2.24) is 4.98 Å². The smallest absolute Gasteiger partial charge is 0.306 e. The van der Waals surface area contributed by atoms with E-state index in [0.717, 1.165) is 33.4 Å². The van der Waals surface area contributed by atoms with Gasteiger partial charge in [0.05, 0.1) is 26.0 Å². The number of rotatable bonds is 2. The highest BCUT2D eigenvalue weighted by atomic mass is 16.5. The number of carbonyl (C=O) groups is 2. The first-order valence-electron chi connectivity index (χ1n) is 8.76. The van der Waals surface area contributed by atoms with Gasteiger partial charge in [-0.25, -0.2) is 0 Å². The van der Waals surface area contributed by atoms with Crippen molar-refractivity contribution in [3.05, 3.63) is 65.4 Å². The maximum atomic E-state index is 13.0. The number of aromatic amines is 1. The minimum atomic E-state index is -0.262. The molecule has 2 atom stereocenters. The summed E-state index contributed by atoms with van der Waals surface area (Å²) >= 11 is 0. The van der Waals surface area contributed by atoms with Gasteiger partial charge in [0.1, 0.15) is 0 Å². The molecule has 2 aliphatic rings. The predicted molar refractivity (Wildman–Crippen MR) is 98.0 cm³/mol. The summed E-state index contributed by atoms with van der Waals surface area (Å²) in [4.78, 5) is 30.5. The van der Waals surface area contributed by atoms with E-state index in [1.807, 2.05) is 53.4 Å². The zero-order valence-electron chi connectivity index (χ0n) is 14.4. The lowest BCUT2D eigenvalue weighted by atomic mass is 9.86. The molecule has 2 aliphatic heterocycles. The topological polar surface area (TPSA) is 62.4 Å². The number of amides is 1. The van der Waals surface area contributed by atoms with Crippen LogP contribution in [0.15, 0.2) is 48.5 Å². The van der Waals surface area contributed by atoms with Crippen LogP contribution in [-0.4, -0.2) is 24.0 Å². The van der Waals surface area contributed by atoms with Crippen LogP contribution in [0.3, 0.4) is 0 Å². The van der Waals surface area contributed by atoms with Crippen molar-refractivity contribution in [3.8, 4) is 0 Å². The Bertz CT molecular complexity index is 1050. The van der Waals surface area contributed by atoms with Gasteiger partial charge in [0.25, 0.3) is 0 Å². The van der Waals surface area contributed by atoms with Gasteiger partial charge in [-0.15, -0.1) is 0 Å². The van der Waals surface area contributed by atoms with E-state index in [1.54, 1.807) is 0 Å². The molecule has 0 unspecified atom stereocenters. The lowest BCUT2D eigenvalue weighted by Gasteiger charge is -2.33. The molecule has 3 heterocycles. The first-order chi connectivity index (χ1) is 12.7. The van der Waals surface area contributed by atoms with Gasteiger partial charge in [-0.05, 0) is 23.3 Å². The summed E-state index contributed by atoms with van der Waals surface area (Å²) in [5, 5.41) is 1.09. The van der Waals surface area contributed by atoms with Gasteiger partial charge in [0, 0.05) is 28.2 Å². The van der Waals surface area contributed by atoms with E-state index in [-0.39, 0.29) is 30.3 Å². The molecule has 0 aliphatic carbocycles. The van der Waals surface area contributed by atoms with Gasteiger partial charge in [-0.3, -0.25) is 9.59 Å². The average Bonchev–Trinajstić information content (AvgIpc) is 3.19. The zero-order chi connectivity index (χ0) is 17.8. The lowest BCUT2D eigenvalue weighted by Crippen LogP contribution is -2.39. The van der Waals surface area contributed by atoms with E-state index >= 15 is 0 Å². The van der Waals surface area contributed by atoms with Crippen molar-refractivity contribution < 1.29 is 14.3 Å². The lowest BCUT2D eigenvalue weighted by molar-refractivity contribution is -0.141. The molecule has 2 aromatic carbocycles. The van der Waals surface area contributed by atoms with E-state index in [9.17, 15) is 9.59 Å². The molecule has 0 saturated heterocycles. The van der Waals surface area contributed by atoms with Crippen LogP contribution in [0.5, 0.6) is 0 Å². The second-order valence-electron chi connectivity index (χ2n) is 6.89. The molecule has 0 spiro atoms. The highest BCUT2D eigenvalue weighted by Crippen LogP contribution is 2.53. The second kappa shape index (κ2) is 5.46. The van der Waals surface area contributed by atoms with E-state index in [0.29, 0.717) is 6.42 Å². The van der Waals surface area contributed by atoms with Crippen molar-refractivity contribution in [2.24, 2.45) is 0 Å². The molecule has 5 nitrogen and oxygen atoms in total. The molecule has 5 heteroatoms. The number of aromatic nitrogens is 1. The van der Waals surface area contributed by atoms with Crippen LogP contribution in [0, 0.1) is 0 Å². The van der Waals surface area contributed by atoms with Gasteiger partial charge in [-0.2, -0.15) is 0 Å².